The van der Waals surface area contributed by atoms with Gasteiger partial charge in [-0.15, -0.1) is 0 Å². The lowest BCUT2D eigenvalue weighted by molar-refractivity contribution is -0.166. The first-order valence-corrected chi connectivity index (χ1v) is 13.4. The molecule has 1 saturated heterocycles. The van der Waals surface area contributed by atoms with Crippen LogP contribution in [0.2, 0.25) is 0 Å². The summed E-state index contributed by atoms with van der Waals surface area (Å²) in [5.41, 5.74) is 4.49. The number of hydrogen-bond acceptors (Lipinski definition) is 6. The minimum atomic E-state index is -4.43. The van der Waals surface area contributed by atoms with E-state index in [1.165, 1.54) is 6.07 Å². The Labute approximate surface area is 220 Å². The van der Waals surface area contributed by atoms with Gasteiger partial charge in [-0.3, -0.25) is 14.7 Å². The Morgan fingerprint density at radius 1 is 1.26 bits per heavy atom. The van der Waals surface area contributed by atoms with Crippen LogP contribution in [0.15, 0.2) is 23.3 Å². The number of alkyl halides is 3. The van der Waals surface area contributed by atoms with E-state index in [0.29, 0.717) is 50.0 Å². The molecule has 8 nitrogen and oxygen atoms in total. The van der Waals surface area contributed by atoms with Gasteiger partial charge in [0.2, 0.25) is 0 Å². The molecule has 38 heavy (non-hydrogen) atoms. The second kappa shape index (κ2) is 9.40. The summed E-state index contributed by atoms with van der Waals surface area (Å²) in [6.45, 7) is 5.52. The lowest BCUT2D eigenvalue weighted by Crippen LogP contribution is -2.64. The first-order chi connectivity index (χ1) is 17.9. The number of carboxylic acids is 1. The van der Waals surface area contributed by atoms with Gasteiger partial charge in [0.05, 0.1) is 35.0 Å². The Hall–Kier alpha value is -2.87. The highest BCUT2D eigenvalue weighted by molar-refractivity contribution is 5.90. The smallest absolute Gasteiger partial charge is 0.417 e. The van der Waals surface area contributed by atoms with E-state index in [4.69, 9.17) is 10.7 Å². The maximum Gasteiger partial charge on any atom is 0.417 e. The molecule has 0 radical (unpaired) electrons. The summed E-state index contributed by atoms with van der Waals surface area (Å²) in [7, 11) is 0. The Balaban J connectivity index is 1.33. The summed E-state index contributed by atoms with van der Waals surface area (Å²) >= 11 is 0. The van der Waals surface area contributed by atoms with Crippen molar-refractivity contribution in [2.24, 2.45) is 33.9 Å². The number of pyridine rings is 1. The molecule has 4 saturated carbocycles. The summed E-state index contributed by atoms with van der Waals surface area (Å²) in [6, 6.07) is 4.63. The van der Waals surface area contributed by atoms with E-state index in [9.17, 15) is 28.3 Å². The molecule has 4 atom stereocenters. The van der Waals surface area contributed by atoms with E-state index in [2.05, 4.69) is 16.0 Å². The third kappa shape index (κ3) is 4.51. The van der Waals surface area contributed by atoms with E-state index >= 15 is 0 Å². The molecule has 11 heteroatoms. The van der Waals surface area contributed by atoms with Crippen molar-refractivity contribution in [3.05, 3.63) is 23.9 Å². The van der Waals surface area contributed by atoms with Crippen LogP contribution in [0.5, 0.6) is 0 Å². The van der Waals surface area contributed by atoms with Crippen LogP contribution in [-0.2, 0) is 11.0 Å². The van der Waals surface area contributed by atoms with Gasteiger partial charge >= 0.3 is 12.1 Å². The molecular formula is C27H35F3N6O2. The van der Waals surface area contributed by atoms with Gasteiger partial charge in [-0.2, -0.15) is 18.4 Å². The lowest BCUT2D eigenvalue weighted by atomic mass is 9.48. The molecule has 206 valence electrons. The maximum absolute atomic E-state index is 13.0. The van der Waals surface area contributed by atoms with Crippen LogP contribution in [0, 0.1) is 34.5 Å². The Morgan fingerprint density at radius 2 is 1.95 bits per heavy atom. The number of aliphatic carboxylic acids is 1. The third-order valence-electron chi connectivity index (χ3n) is 9.64. The molecule has 6 rings (SSSR count). The van der Waals surface area contributed by atoms with Crippen LogP contribution in [0.3, 0.4) is 0 Å². The number of halogens is 3. The normalized spacial score (nSPS) is 35.1. The van der Waals surface area contributed by atoms with Gasteiger partial charge in [0.25, 0.3) is 0 Å². The second-order valence-electron chi connectivity index (χ2n) is 12.1. The highest BCUT2D eigenvalue weighted by atomic mass is 19.4. The minimum Gasteiger partial charge on any atom is -0.481 e. The average molecular weight is 533 g/mol. The molecule has 2 heterocycles. The first kappa shape index (κ1) is 26.7. The molecule has 4 aliphatic carbocycles. The predicted molar refractivity (Wildman–Crippen MR) is 135 cm³/mol. The molecule has 0 spiro atoms. The number of anilines is 1. The molecule has 1 aliphatic heterocycles. The fourth-order valence-electron chi connectivity index (χ4n) is 7.76. The fraction of sp³-hybridized carbons (Fsp3) is 0.704. The van der Waals surface area contributed by atoms with Crippen LogP contribution in [0.4, 0.5) is 19.0 Å². The standard InChI is InChI=1S/C27H35F3N6O2/c1-16-15-35(7-8-36(16)21-4-3-20(14-33-21)27(28,29)30)25(2,5-6-31)23(32)34-22-18-9-17-10-19(22)13-26(11-17,12-18)24(37)38/h3-4,14,16-19,22H,5,7-13,15H2,1-2H3,(H2,32,34)(H,37,38). The minimum absolute atomic E-state index is 0.0212. The SMILES string of the molecule is CC1CN(C(C)(CC#N)C(N)=NC2C3CC4CC2CC(C(=O)O)(C4)C3)CCN1c1ccc(C(F)(F)F)cn1. The molecule has 0 aromatic carbocycles. The molecule has 5 aliphatic rings. The summed E-state index contributed by atoms with van der Waals surface area (Å²) in [4.78, 5) is 25.3. The van der Waals surface area contributed by atoms with Crippen molar-refractivity contribution in [1.82, 2.24) is 9.88 Å². The molecule has 4 unspecified atom stereocenters. The van der Waals surface area contributed by atoms with Gasteiger partial charge in [0.15, 0.2) is 0 Å². The van der Waals surface area contributed by atoms with Crippen molar-refractivity contribution in [3.63, 3.8) is 0 Å². The summed E-state index contributed by atoms with van der Waals surface area (Å²) in [5.74, 6) is 1.04. The molecule has 3 N–H and O–H groups in total. The zero-order valence-corrected chi connectivity index (χ0v) is 21.8. The van der Waals surface area contributed by atoms with Gasteiger partial charge < -0.3 is 15.7 Å². The number of hydrogen-bond donors (Lipinski definition) is 2. The van der Waals surface area contributed by atoms with Crippen molar-refractivity contribution in [1.29, 1.82) is 5.26 Å². The number of carbonyl (C=O) groups is 1. The van der Waals surface area contributed by atoms with E-state index in [0.717, 1.165) is 31.5 Å². The number of aromatic nitrogens is 1. The Bertz CT molecular complexity index is 1130. The van der Waals surface area contributed by atoms with E-state index in [1.54, 1.807) is 0 Å². The summed E-state index contributed by atoms with van der Waals surface area (Å²) < 4.78 is 38.9. The number of aliphatic imine (C=N–C) groups is 1. The largest absolute Gasteiger partial charge is 0.481 e. The number of rotatable bonds is 6. The Kier molecular flexibility index (Phi) is 6.61. The van der Waals surface area contributed by atoms with Crippen LogP contribution >= 0.6 is 0 Å². The van der Waals surface area contributed by atoms with Gasteiger partial charge in [-0.1, -0.05) is 0 Å². The van der Waals surface area contributed by atoms with Crippen LogP contribution < -0.4 is 10.6 Å². The van der Waals surface area contributed by atoms with E-state index in [-0.39, 0.29) is 30.3 Å². The molecule has 0 amide bonds. The number of piperazine rings is 1. The highest BCUT2D eigenvalue weighted by Crippen LogP contribution is 2.61. The fourth-order valence-corrected chi connectivity index (χ4v) is 7.76. The number of nitrogens with two attached hydrogens (primary N) is 1. The van der Waals surface area contributed by atoms with Gasteiger partial charge in [0, 0.05) is 31.9 Å². The van der Waals surface area contributed by atoms with Gasteiger partial charge in [-0.05, 0) is 75.8 Å². The monoisotopic (exact) mass is 532 g/mol. The third-order valence-corrected chi connectivity index (χ3v) is 9.64. The zero-order chi connectivity index (χ0) is 27.5. The van der Waals surface area contributed by atoms with Gasteiger partial charge in [-0.25, -0.2) is 4.98 Å². The van der Waals surface area contributed by atoms with Gasteiger partial charge in [0.1, 0.15) is 11.7 Å². The lowest BCUT2D eigenvalue weighted by Gasteiger charge is -2.57. The first-order valence-electron chi connectivity index (χ1n) is 13.4. The average Bonchev–Trinajstić information content (AvgIpc) is 2.85. The summed E-state index contributed by atoms with van der Waals surface area (Å²) in [6.07, 6.45) is 0.592. The molecule has 1 aromatic rings. The van der Waals surface area contributed by atoms with Crippen molar-refractivity contribution in [2.45, 2.75) is 76.2 Å². The molecule has 5 fully saturated rings. The van der Waals surface area contributed by atoms with Crippen molar-refractivity contribution in [3.8, 4) is 6.07 Å². The van der Waals surface area contributed by atoms with Crippen LogP contribution in [0.1, 0.15) is 57.9 Å². The molecular weight excluding hydrogens is 497 g/mol. The number of amidine groups is 1. The number of nitriles is 1. The van der Waals surface area contributed by atoms with Crippen molar-refractivity contribution >= 4 is 17.6 Å². The second-order valence-corrected chi connectivity index (χ2v) is 12.1. The Morgan fingerprint density at radius 3 is 2.47 bits per heavy atom. The van der Waals surface area contributed by atoms with Crippen molar-refractivity contribution in [2.75, 3.05) is 24.5 Å². The zero-order valence-electron chi connectivity index (χ0n) is 21.8. The number of carboxylic acid groups (broad SMARTS) is 1. The predicted octanol–water partition coefficient (Wildman–Crippen LogP) is 3.92. The molecule has 1 aromatic heterocycles. The topological polar surface area (TPSA) is 119 Å². The summed E-state index contributed by atoms with van der Waals surface area (Å²) in [5, 5.41) is 19.6. The number of nitrogens with zero attached hydrogens (tertiary/aromatic N) is 5. The van der Waals surface area contributed by atoms with Crippen molar-refractivity contribution < 1.29 is 23.1 Å². The highest BCUT2D eigenvalue weighted by Gasteiger charge is 2.59. The van der Waals surface area contributed by atoms with Crippen LogP contribution in [0.25, 0.3) is 0 Å². The maximum atomic E-state index is 13.0. The van der Waals surface area contributed by atoms with E-state index < -0.39 is 28.7 Å². The molecule has 4 bridgehead atoms. The van der Waals surface area contributed by atoms with E-state index in [1.807, 2.05) is 18.7 Å². The quantitative estimate of drug-likeness (QED) is 0.421. The van der Waals surface area contributed by atoms with Crippen LogP contribution in [-0.4, -0.2) is 64.1 Å².